The van der Waals surface area contributed by atoms with Crippen LogP contribution in [-0.4, -0.2) is 9.38 Å². The summed E-state index contributed by atoms with van der Waals surface area (Å²) in [4.78, 5) is 19.7. The SMILES string of the molecule is Cc1sc2nc3c(c(=O)n2c1C)CC(c1ccccc1)(c1ccccc1)O3. The number of fused-ring (bicyclic) bond motifs is 2. The highest BCUT2D eigenvalue weighted by molar-refractivity contribution is 7.17. The summed E-state index contributed by atoms with van der Waals surface area (Å²) >= 11 is 1.52. The van der Waals surface area contributed by atoms with Gasteiger partial charge in [0.2, 0.25) is 5.88 Å². The largest absolute Gasteiger partial charge is 0.460 e. The fraction of sp³-hybridized carbons (Fsp3) is 0.182. The normalized spacial score (nSPS) is 14.9. The third kappa shape index (κ3) is 2.28. The minimum Gasteiger partial charge on any atom is -0.460 e. The van der Waals surface area contributed by atoms with Gasteiger partial charge in [-0.25, -0.2) is 0 Å². The van der Waals surface area contributed by atoms with E-state index in [1.807, 2.05) is 74.5 Å². The van der Waals surface area contributed by atoms with Crippen molar-refractivity contribution in [2.24, 2.45) is 0 Å². The molecular weight excluding hydrogens is 356 g/mol. The Morgan fingerprint density at radius 2 is 1.59 bits per heavy atom. The van der Waals surface area contributed by atoms with Crippen molar-refractivity contribution in [3.8, 4) is 5.88 Å². The van der Waals surface area contributed by atoms with E-state index in [2.05, 4.69) is 0 Å². The molecular formula is C22H18N2O2S. The standard InChI is InChI=1S/C22H18N2O2S/c1-14-15(2)27-21-23-19-18(20(25)24(14)21)13-22(26-19,16-9-5-3-6-10-16)17-11-7-4-8-12-17/h3-12H,13H2,1-2H3. The molecule has 0 spiro atoms. The summed E-state index contributed by atoms with van der Waals surface area (Å²) < 4.78 is 8.20. The van der Waals surface area contributed by atoms with Gasteiger partial charge in [0.05, 0.1) is 5.56 Å². The Hall–Kier alpha value is -2.92. The van der Waals surface area contributed by atoms with E-state index in [9.17, 15) is 4.79 Å². The molecule has 2 aromatic carbocycles. The molecule has 0 unspecified atom stereocenters. The van der Waals surface area contributed by atoms with Gasteiger partial charge >= 0.3 is 0 Å². The number of hydrogen-bond acceptors (Lipinski definition) is 4. The number of hydrogen-bond donors (Lipinski definition) is 0. The summed E-state index contributed by atoms with van der Waals surface area (Å²) in [6, 6.07) is 20.2. The second-order valence-corrected chi connectivity index (χ2v) is 8.08. The maximum atomic E-state index is 13.3. The number of aromatic nitrogens is 2. The molecule has 0 aliphatic carbocycles. The van der Waals surface area contributed by atoms with Gasteiger partial charge in [0, 0.05) is 28.1 Å². The molecule has 0 N–H and O–H groups in total. The van der Waals surface area contributed by atoms with Crippen molar-refractivity contribution in [3.63, 3.8) is 0 Å². The number of aryl methyl sites for hydroxylation is 2. The van der Waals surface area contributed by atoms with Gasteiger partial charge in [-0.3, -0.25) is 9.20 Å². The summed E-state index contributed by atoms with van der Waals surface area (Å²) in [6.07, 6.45) is 0.472. The zero-order chi connectivity index (χ0) is 18.6. The lowest BCUT2D eigenvalue weighted by Crippen LogP contribution is -2.33. The van der Waals surface area contributed by atoms with E-state index in [0.29, 0.717) is 22.8 Å². The highest BCUT2D eigenvalue weighted by atomic mass is 32.1. The molecule has 4 aromatic rings. The van der Waals surface area contributed by atoms with Crippen molar-refractivity contribution in [1.82, 2.24) is 9.38 Å². The maximum Gasteiger partial charge on any atom is 0.265 e. The topological polar surface area (TPSA) is 43.6 Å². The number of thiazole rings is 1. The first-order chi connectivity index (χ1) is 13.1. The molecule has 0 radical (unpaired) electrons. The lowest BCUT2D eigenvalue weighted by Gasteiger charge is -2.29. The van der Waals surface area contributed by atoms with Gasteiger partial charge in [0.15, 0.2) is 10.6 Å². The van der Waals surface area contributed by atoms with E-state index in [4.69, 9.17) is 9.72 Å². The quantitative estimate of drug-likeness (QED) is 0.527. The fourth-order valence-electron chi connectivity index (χ4n) is 3.84. The van der Waals surface area contributed by atoms with Crippen LogP contribution in [0.3, 0.4) is 0 Å². The van der Waals surface area contributed by atoms with E-state index in [1.165, 1.54) is 11.3 Å². The van der Waals surface area contributed by atoms with Gasteiger partial charge in [0.25, 0.3) is 5.56 Å². The molecule has 27 heavy (non-hydrogen) atoms. The van der Waals surface area contributed by atoms with E-state index in [0.717, 1.165) is 21.7 Å². The molecule has 0 saturated heterocycles. The Morgan fingerprint density at radius 3 is 2.19 bits per heavy atom. The van der Waals surface area contributed by atoms with Gasteiger partial charge in [-0.05, 0) is 13.8 Å². The number of benzene rings is 2. The van der Waals surface area contributed by atoms with Crippen LogP contribution in [0.5, 0.6) is 5.88 Å². The molecule has 1 aliphatic rings. The van der Waals surface area contributed by atoms with Crippen LogP contribution in [-0.2, 0) is 12.0 Å². The first-order valence-electron chi connectivity index (χ1n) is 8.92. The third-order valence-corrected chi connectivity index (χ3v) is 6.43. The summed E-state index contributed by atoms with van der Waals surface area (Å²) in [7, 11) is 0. The summed E-state index contributed by atoms with van der Waals surface area (Å²) in [5.74, 6) is 0.453. The van der Waals surface area contributed by atoms with Crippen molar-refractivity contribution in [1.29, 1.82) is 0 Å². The van der Waals surface area contributed by atoms with Crippen molar-refractivity contribution in [2.75, 3.05) is 0 Å². The van der Waals surface area contributed by atoms with Crippen molar-refractivity contribution < 1.29 is 4.74 Å². The number of nitrogens with zero attached hydrogens (tertiary/aromatic N) is 2. The van der Waals surface area contributed by atoms with E-state index in [1.54, 1.807) is 4.40 Å². The lowest BCUT2D eigenvalue weighted by atomic mass is 9.83. The van der Waals surface area contributed by atoms with E-state index in [-0.39, 0.29) is 5.56 Å². The Kier molecular flexibility index (Phi) is 3.49. The first kappa shape index (κ1) is 16.3. The van der Waals surface area contributed by atoms with E-state index >= 15 is 0 Å². The average Bonchev–Trinajstić information content (AvgIpc) is 3.23. The fourth-order valence-corrected chi connectivity index (χ4v) is 4.79. The summed E-state index contributed by atoms with van der Waals surface area (Å²) in [5.41, 5.74) is 2.88. The average molecular weight is 374 g/mol. The summed E-state index contributed by atoms with van der Waals surface area (Å²) in [5, 5.41) is 0. The zero-order valence-electron chi connectivity index (χ0n) is 15.1. The minimum absolute atomic E-state index is 0.0226. The summed E-state index contributed by atoms with van der Waals surface area (Å²) in [6.45, 7) is 3.98. The second kappa shape index (κ2) is 5.79. The molecule has 2 aromatic heterocycles. The maximum absolute atomic E-state index is 13.3. The molecule has 0 fully saturated rings. The van der Waals surface area contributed by atoms with Crippen LogP contribution in [0, 0.1) is 13.8 Å². The Bertz CT molecular complexity index is 1170. The highest BCUT2D eigenvalue weighted by Crippen LogP contribution is 2.44. The molecule has 0 amide bonds. The minimum atomic E-state index is -0.732. The van der Waals surface area contributed by atoms with Crippen molar-refractivity contribution in [3.05, 3.63) is 98.3 Å². The van der Waals surface area contributed by atoms with Crippen LogP contribution < -0.4 is 10.3 Å². The van der Waals surface area contributed by atoms with Gasteiger partial charge in [-0.1, -0.05) is 60.7 Å². The Balaban J connectivity index is 1.77. The van der Waals surface area contributed by atoms with Crippen molar-refractivity contribution >= 4 is 16.3 Å². The molecule has 134 valence electrons. The monoisotopic (exact) mass is 374 g/mol. The second-order valence-electron chi connectivity index (χ2n) is 6.90. The number of rotatable bonds is 2. The van der Waals surface area contributed by atoms with E-state index < -0.39 is 5.60 Å². The predicted octanol–water partition coefficient (Wildman–Crippen LogP) is 4.25. The molecule has 3 heterocycles. The van der Waals surface area contributed by atoms with Crippen LogP contribution >= 0.6 is 11.3 Å². The molecule has 0 atom stereocenters. The van der Waals surface area contributed by atoms with Crippen LogP contribution in [0.2, 0.25) is 0 Å². The Labute approximate surface area is 160 Å². The third-order valence-electron chi connectivity index (χ3n) is 5.37. The molecule has 5 rings (SSSR count). The number of ether oxygens (including phenoxy) is 1. The van der Waals surface area contributed by atoms with Crippen LogP contribution in [0.25, 0.3) is 4.96 Å². The van der Waals surface area contributed by atoms with Crippen LogP contribution in [0.4, 0.5) is 0 Å². The van der Waals surface area contributed by atoms with Crippen molar-refractivity contribution in [2.45, 2.75) is 25.9 Å². The van der Waals surface area contributed by atoms with Gasteiger partial charge in [-0.2, -0.15) is 4.98 Å². The molecule has 0 saturated carbocycles. The van der Waals surface area contributed by atoms with Gasteiger partial charge < -0.3 is 4.74 Å². The van der Waals surface area contributed by atoms with Crippen LogP contribution in [0.15, 0.2) is 65.5 Å². The molecule has 0 bridgehead atoms. The smallest absolute Gasteiger partial charge is 0.265 e. The van der Waals surface area contributed by atoms with Gasteiger partial charge in [0.1, 0.15) is 0 Å². The predicted molar refractivity (Wildman–Crippen MR) is 107 cm³/mol. The molecule has 4 nitrogen and oxygen atoms in total. The lowest BCUT2D eigenvalue weighted by molar-refractivity contribution is 0.135. The zero-order valence-corrected chi connectivity index (χ0v) is 15.9. The van der Waals surface area contributed by atoms with Crippen LogP contribution in [0.1, 0.15) is 27.3 Å². The molecule has 1 aliphatic heterocycles. The van der Waals surface area contributed by atoms with Gasteiger partial charge in [-0.15, -0.1) is 11.3 Å². The molecule has 5 heteroatoms. The Morgan fingerprint density at radius 1 is 1.00 bits per heavy atom. The first-order valence-corrected chi connectivity index (χ1v) is 9.73. The highest BCUT2D eigenvalue weighted by Gasteiger charge is 2.45.